The van der Waals surface area contributed by atoms with Crippen LogP contribution in [0.1, 0.15) is 34.1 Å². The maximum Gasteiger partial charge on any atom is 0.387 e. The lowest BCUT2D eigenvalue weighted by molar-refractivity contribution is -0.0499. The number of hydrogen-bond acceptors (Lipinski definition) is 4. The van der Waals surface area contributed by atoms with Crippen LogP contribution in [-0.4, -0.2) is 35.5 Å². The number of piperidine rings is 1. The number of ether oxygens (including phenoxy) is 1. The van der Waals surface area contributed by atoms with Crippen LogP contribution in [0.15, 0.2) is 42.5 Å². The van der Waals surface area contributed by atoms with Crippen molar-refractivity contribution in [2.45, 2.75) is 25.4 Å². The first-order chi connectivity index (χ1) is 13.5. The third kappa shape index (κ3) is 4.10. The number of hydrogen-bond donors (Lipinski definition) is 0. The van der Waals surface area contributed by atoms with Gasteiger partial charge >= 0.3 is 6.61 Å². The zero-order chi connectivity index (χ0) is 19.7. The van der Waals surface area contributed by atoms with Gasteiger partial charge in [0, 0.05) is 29.6 Å². The first kappa shape index (κ1) is 19.1. The van der Waals surface area contributed by atoms with Crippen molar-refractivity contribution in [2.75, 3.05) is 13.1 Å². The van der Waals surface area contributed by atoms with Crippen LogP contribution in [0, 0.1) is 0 Å². The van der Waals surface area contributed by atoms with Gasteiger partial charge in [-0.2, -0.15) is 8.78 Å². The number of likely N-dealkylation sites (tertiary alicyclic amines) is 1. The van der Waals surface area contributed by atoms with Crippen molar-refractivity contribution in [1.29, 1.82) is 0 Å². The number of rotatable bonds is 4. The van der Waals surface area contributed by atoms with E-state index in [-0.39, 0.29) is 11.7 Å². The summed E-state index contributed by atoms with van der Waals surface area (Å²) < 4.78 is 30.3. The van der Waals surface area contributed by atoms with E-state index in [9.17, 15) is 13.6 Å². The Balaban J connectivity index is 1.42. The summed E-state index contributed by atoms with van der Waals surface area (Å²) in [5, 5.41) is 1.74. The number of alkyl halides is 2. The molecule has 28 heavy (non-hydrogen) atoms. The van der Waals surface area contributed by atoms with E-state index in [1.54, 1.807) is 28.4 Å². The SMILES string of the molecule is O=C(c1cccc(OC(F)F)c1)N1CCC(c2nc3cc(Cl)ccc3s2)CC1. The van der Waals surface area contributed by atoms with Gasteiger partial charge in [0.05, 0.1) is 15.2 Å². The number of halogens is 3. The molecule has 2 heterocycles. The van der Waals surface area contributed by atoms with Gasteiger partial charge in [0.2, 0.25) is 0 Å². The van der Waals surface area contributed by atoms with Crippen molar-refractivity contribution in [2.24, 2.45) is 0 Å². The molecule has 146 valence electrons. The lowest BCUT2D eigenvalue weighted by atomic mass is 9.97. The molecule has 1 fully saturated rings. The Labute approximate surface area is 169 Å². The highest BCUT2D eigenvalue weighted by Gasteiger charge is 2.26. The van der Waals surface area contributed by atoms with E-state index in [2.05, 4.69) is 4.74 Å². The van der Waals surface area contributed by atoms with Gasteiger partial charge in [-0.1, -0.05) is 17.7 Å². The van der Waals surface area contributed by atoms with Gasteiger partial charge in [0.1, 0.15) is 5.75 Å². The molecule has 1 aliphatic rings. The highest BCUT2D eigenvalue weighted by atomic mass is 35.5. The molecule has 0 aliphatic carbocycles. The van der Waals surface area contributed by atoms with Crippen molar-refractivity contribution in [3.8, 4) is 5.75 Å². The predicted octanol–water partition coefficient (Wildman–Crippen LogP) is 5.57. The Morgan fingerprint density at radius 1 is 1.21 bits per heavy atom. The topological polar surface area (TPSA) is 42.4 Å². The second-order valence-electron chi connectivity index (χ2n) is 6.64. The minimum Gasteiger partial charge on any atom is -0.435 e. The Hall–Kier alpha value is -2.25. The molecule has 0 saturated carbocycles. The highest BCUT2D eigenvalue weighted by Crippen LogP contribution is 2.35. The van der Waals surface area contributed by atoms with Crippen molar-refractivity contribution < 1.29 is 18.3 Å². The summed E-state index contributed by atoms with van der Waals surface area (Å²) in [5.74, 6) is 0.117. The molecular weight excluding hydrogens is 406 g/mol. The monoisotopic (exact) mass is 422 g/mol. The second kappa shape index (κ2) is 8.01. The first-order valence-corrected chi connectivity index (χ1v) is 10.1. The van der Waals surface area contributed by atoms with Crippen molar-refractivity contribution in [3.05, 3.63) is 58.1 Å². The third-order valence-electron chi connectivity index (χ3n) is 4.80. The number of fused-ring (bicyclic) bond motifs is 1. The number of benzene rings is 2. The Morgan fingerprint density at radius 2 is 2.00 bits per heavy atom. The van der Waals surface area contributed by atoms with Crippen LogP contribution in [0.4, 0.5) is 8.78 Å². The highest BCUT2D eigenvalue weighted by molar-refractivity contribution is 7.18. The number of nitrogens with zero attached hydrogens (tertiary/aromatic N) is 2. The van der Waals surface area contributed by atoms with E-state index in [0.29, 0.717) is 29.6 Å². The minimum atomic E-state index is -2.91. The summed E-state index contributed by atoms with van der Waals surface area (Å²) in [5.41, 5.74) is 1.26. The fourth-order valence-electron chi connectivity index (χ4n) is 3.41. The van der Waals surface area contributed by atoms with Crippen molar-refractivity contribution in [1.82, 2.24) is 9.88 Å². The molecule has 3 aromatic rings. The van der Waals surface area contributed by atoms with Crippen LogP contribution in [0.5, 0.6) is 5.75 Å². The molecule has 1 amide bonds. The van der Waals surface area contributed by atoms with Gasteiger partial charge in [-0.25, -0.2) is 4.98 Å². The Bertz CT molecular complexity index is 1000. The molecule has 4 rings (SSSR count). The van der Waals surface area contributed by atoms with Crippen LogP contribution < -0.4 is 4.74 Å². The molecule has 0 radical (unpaired) electrons. The maximum absolute atomic E-state index is 12.7. The average Bonchev–Trinajstić information content (AvgIpc) is 3.10. The van der Waals surface area contributed by atoms with Crippen molar-refractivity contribution in [3.63, 3.8) is 0 Å². The molecule has 4 nitrogen and oxygen atoms in total. The number of aromatic nitrogens is 1. The van der Waals surface area contributed by atoms with Gasteiger partial charge < -0.3 is 9.64 Å². The predicted molar refractivity (Wildman–Crippen MR) is 106 cm³/mol. The number of thiazole rings is 1. The quantitative estimate of drug-likeness (QED) is 0.552. The summed E-state index contributed by atoms with van der Waals surface area (Å²) >= 11 is 7.70. The van der Waals surface area contributed by atoms with Crippen LogP contribution in [-0.2, 0) is 0 Å². The molecule has 1 saturated heterocycles. The molecule has 0 spiro atoms. The number of carbonyl (C=O) groups is 1. The zero-order valence-electron chi connectivity index (χ0n) is 14.8. The van der Waals surface area contributed by atoms with Gasteiger partial charge in [-0.05, 0) is 49.2 Å². The molecule has 2 aromatic carbocycles. The standard InChI is InChI=1S/C20H17ClF2N2O2S/c21-14-4-5-17-16(11-14)24-18(28-17)12-6-8-25(9-7-12)19(26)13-2-1-3-15(10-13)27-20(22)23/h1-5,10-12,20H,6-9H2. The molecular formula is C20H17ClF2N2O2S. The van der Waals surface area contributed by atoms with Gasteiger partial charge in [-0.15, -0.1) is 11.3 Å². The first-order valence-electron chi connectivity index (χ1n) is 8.90. The average molecular weight is 423 g/mol. The summed E-state index contributed by atoms with van der Waals surface area (Å²) in [6, 6.07) is 11.6. The van der Waals surface area contributed by atoms with E-state index in [0.717, 1.165) is 28.1 Å². The van der Waals surface area contributed by atoms with E-state index in [4.69, 9.17) is 16.6 Å². The Kier molecular flexibility index (Phi) is 5.46. The smallest absolute Gasteiger partial charge is 0.387 e. The molecule has 1 aliphatic heterocycles. The number of carbonyl (C=O) groups excluding carboxylic acids is 1. The van der Waals surface area contributed by atoms with Crippen LogP contribution in [0.3, 0.4) is 0 Å². The summed E-state index contributed by atoms with van der Waals surface area (Å²) in [4.78, 5) is 19.2. The molecule has 8 heteroatoms. The van der Waals surface area contributed by atoms with Crippen LogP contribution in [0.2, 0.25) is 5.02 Å². The molecule has 0 unspecified atom stereocenters. The van der Waals surface area contributed by atoms with Crippen molar-refractivity contribution >= 4 is 39.1 Å². The maximum atomic E-state index is 12.7. The van der Waals surface area contributed by atoms with E-state index < -0.39 is 6.61 Å². The van der Waals surface area contributed by atoms with E-state index >= 15 is 0 Å². The molecule has 0 N–H and O–H groups in total. The third-order valence-corrected chi connectivity index (χ3v) is 6.24. The number of amides is 1. The molecule has 0 atom stereocenters. The molecule has 1 aromatic heterocycles. The van der Waals surface area contributed by atoms with Gasteiger partial charge in [-0.3, -0.25) is 4.79 Å². The summed E-state index contributed by atoms with van der Waals surface area (Å²) in [6.07, 6.45) is 1.62. The summed E-state index contributed by atoms with van der Waals surface area (Å²) in [7, 11) is 0. The zero-order valence-corrected chi connectivity index (χ0v) is 16.4. The minimum absolute atomic E-state index is 0.0103. The van der Waals surface area contributed by atoms with Crippen LogP contribution in [0.25, 0.3) is 10.2 Å². The van der Waals surface area contributed by atoms with E-state index in [1.807, 2.05) is 18.2 Å². The summed E-state index contributed by atoms with van der Waals surface area (Å²) in [6.45, 7) is -1.72. The normalized spacial score (nSPS) is 15.4. The molecule has 0 bridgehead atoms. The van der Waals surface area contributed by atoms with Crippen LogP contribution >= 0.6 is 22.9 Å². The van der Waals surface area contributed by atoms with Gasteiger partial charge in [0.15, 0.2) is 0 Å². The lowest BCUT2D eigenvalue weighted by Crippen LogP contribution is -2.37. The lowest BCUT2D eigenvalue weighted by Gasteiger charge is -2.31. The Morgan fingerprint density at radius 3 is 2.75 bits per heavy atom. The largest absolute Gasteiger partial charge is 0.435 e. The fourth-order valence-corrected chi connectivity index (χ4v) is 4.69. The van der Waals surface area contributed by atoms with Gasteiger partial charge in [0.25, 0.3) is 5.91 Å². The fraction of sp³-hybridized carbons (Fsp3) is 0.300. The van der Waals surface area contributed by atoms with E-state index in [1.165, 1.54) is 12.1 Å². The second-order valence-corrected chi connectivity index (χ2v) is 8.14.